The standard InChI is InChI=1S/C25H28N2O3/c1-5-30-18-12-10-17(11-13-18)24-23-20(14-25(3,4)15-22(23)29)26-19-8-6-7-9-21(19)27(24)16(2)28/h6-13,24,26H,5,14-15H2,1-4H3/t24-/m0/s1. The van der Waals surface area contributed by atoms with Gasteiger partial charge in [0.1, 0.15) is 5.75 Å². The predicted molar refractivity (Wildman–Crippen MR) is 119 cm³/mol. The number of ketones is 1. The van der Waals surface area contributed by atoms with Crippen molar-refractivity contribution in [2.75, 3.05) is 16.8 Å². The van der Waals surface area contributed by atoms with Crippen LogP contribution in [0.5, 0.6) is 5.75 Å². The van der Waals surface area contributed by atoms with Gasteiger partial charge in [0, 0.05) is 24.6 Å². The monoisotopic (exact) mass is 404 g/mol. The summed E-state index contributed by atoms with van der Waals surface area (Å²) in [4.78, 5) is 28.1. The maximum atomic E-state index is 13.4. The summed E-state index contributed by atoms with van der Waals surface area (Å²) in [6.45, 7) is 8.31. The van der Waals surface area contributed by atoms with Gasteiger partial charge in [0.2, 0.25) is 5.91 Å². The van der Waals surface area contributed by atoms with Crippen molar-refractivity contribution < 1.29 is 14.3 Å². The van der Waals surface area contributed by atoms with Crippen LogP contribution in [0.2, 0.25) is 0 Å². The number of rotatable bonds is 3. The number of fused-ring (bicyclic) bond motifs is 1. The van der Waals surface area contributed by atoms with Crippen LogP contribution < -0.4 is 15.0 Å². The molecular weight excluding hydrogens is 376 g/mol. The Labute approximate surface area is 177 Å². The second kappa shape index (κ2) is 7.63. The van der Waals surface area contributed by atoms with Crippen molar-refractivity contribution in [2.45, 2.75) is 46.6 Å². The van der Waals surface area contributed by atoms with Crippen molar-refractivity contribution in [2.24, 2.45) is 5.41 Å². The zero-order valence-electron chi connectivity index (χ0n) is 18.0. The minimum Gasteiger partial charge on any atom is -0.494 e. The quantitative estimate of drug-likeness (QED) is 0.759. The van der Waals surface area contributed by atoms with Crippen molar-refractivity contribution in [1.29, 1.82) is 0 Å². The molecule has 0 saturated heterocycles. The Morgan fingerprint density at radius 3 is 2.50 bits per heavy atom. The number of ether oxygens (including phenoxy) is 1. The Kier molecular flexibility index (Phi) is 5.14. The van der Waals surface area contributed by atoms with E-state index < -0.39 is 6.04 Å². The molecule has 1 N–H and O–H groups in total. The normalized spacial score (nSPS) is 20.1. The molecule has 0 aromatic heterocycles. The van der Waals surface area contributed by atoms with Crippen LogP contribution in [-0.2, 0) is 9.59 Å². The molecule has 1 atom stereocenters. The lowest BCUT2D eigenvalue weighted by Gasteiger charge is -2.36. The molecule has 0 radical (unpaired) electrons. The fourth-order valence-electron chi connectivity index (χ4n) is 4.56. The third kappa shape index (κ3) is 3.60. The van der Waals surface area contributed by atoms with E-state index in [2.05, 4.69) is 19.2 Å². The molecular formula is C25H28N2O3. The van der Waals surface area contributed by atoms with Crippen molar-refractivity contribution in [3.8, 4) is 5.75 Å². The highest BCUT2D eigenvalue weighted by molar-refractivity contribution is 6.05. The fraction of sp³-hybridized carbons (Fsp3) is 0.360. The summed E-state index contributed by atoms with van der Waals surface area (Å²) in [6, 6.07) is 15.0. The topological polar surface area (TPSA) is 58.6 Å². The van der Waals surface area contributed by atoms with Crippen molar-refractivity contribution in [3.63, 3.8) is 0 Å². The molecule has 1 heterocycles. The van der Waals surface area contributed by atoms with Gasteiger partial charge in [-0.3, -0.25) is 14.5 Å². The average molecular weight is 405 g/mol. The second-order valence-corrected chi connectivity index (χ2v) is 8.77. The lowest BCUT2D eigenvalue weighted by Crippen LogP contribution is -2.38. The average Bonchev–Trinajstić information content (AvgIpc) is 2.82. The summed E-state index contributed by atoms with van der Waals surface area (Å²) in [5, 5.41) is 3.50. The molecule has 156 valence electrons. The van der Waals surface area contributed by atoms with Gasteiger partial charge in [-0.1, -0.05) is 38.1 Å². The maximum absolute atomic E-state index is 13.4. The number of carbonyl (C=O) groups excluding carboxylic acids is 2. The first kappa shape index (κ1) is 20.2. The highest BCUT2D eigenvalue weighted by Gasteiger charge is 2.42. The van der Waals surface area contributed by atoms with Gasteiger partial charge in [0.25, 0.3) is 0 Å². The number of amides is 1. The number of nitrogens with zero attached hydrogens (tertiary/aromatic N) is 1. The number of nitrogens with one attached hydrogen (secondary N) is 1. The number of para-hydroxylation sites is 2. The summed E-state index contributed by atoms with van der Waals surface area (Å²) >= 11 is 0. The van der Waals surface area contributed by atoms with Crippen LogP contribution in [0.15, 0.2) is 59.8 Å². The highest BCUT2D eigenvalue weighted by atomic mass is 16.5. The molecule has 2 aliphatic rings. The van der Waals surface area contributed by atoms with E-state index in [0.717, 1.165) is 34.8 Å². The van der Waals surface area contributed by atoms with E-state index in [0.29, 0.717) is 18.6 Å². The third-order valence-corrected chi connectivity index (χ3v) is 5.75. The van der Waals surface area contributed by atoms with Crippen molar-refractivity contribution in [3.05, 3.63) is 65.4 Å². The lowest BCUT2D eigenvalue weighted by atomic mass is 9.73. The smallest absolute Gasteiger partial charge is 0.224 e. The SMILES string of the molecule is CCOc1ccc([C@H]2C3=C(CC(C)(C)CC3=O)Nc3ccccc3N2C(C)=O)cc1. The van der Waals surface area contributed by atoms with Gasteiger partial charge in [-0.15, -0.1) is 0 Å². The van der Waals surface area contributed by atoms with Crippen LogP contribution in [0.4, 0.5) is 11.4 Å². The van der Waals surface area contributed by atoms with Gasteiger partial charge in [-0.05, 0) is 48.6 Å². The summed E-state index contributed by atoms with van der Waals surface area (Å²) in [5.41, 5.74) is 3.99. The van der Waals surface area contributed by atoms with Crippen LogP contribution in [0, 0.1) is 5.41 Å². The largest absolute Gasteiger partial charge is 0.494 e. The summed E-state index contributed by atoms with van der Waals surface area (Å²) < 4.78 is 5.59. The molecule has 4 rings (SSSR count). The minimum atomic E-state index is -0.479. The number of anilines is 2. The second-order valence-electron chi connectivity index (χ2n) is 8.77. The van der Waals surface area contributed by atoms with E-state index in [1.807, 2.05) is 55.5 Å². The first-order valence-corrected chi connectivity index (χ1v) is 10.5. The van der Waals surface area contributed by atoms with Crippen molar-refractivity contribution >= 4 is 23.1 Å². The molecule has 1 amide bonds. The Hall–Kier alpha value is -3.08. The maximum Gasteiger partial charge on any atom is 0.224 e. The molecule has 2 aromatic carbocycles. The first-order valence-electron chi connectivity index (χ1n) is 10.5. The highest BCUT2D eigenvalue weighted by Crippen LogP contribution is 2.48. The van der Waals surface area contributed by atoms with E-state index in [-0.39, 0.29) is 17.1 Å². The summed E-state index contributed by atoms with van der Waals surface area (Å²) in [6.07, 6.45) is 1.21. The van der Waals surface area contributed by atoms with Gasteiger partial charge >= 0.3 is 0 Å². The molecule has 1 aliphatic carbocycles. The number of hydrogen-bond donors (Lipinski definition) is 1. The van der Waals surface area contributed by atoms with Crippen LogP contribution in [0.25, 0.3) is 0 Å². The Morgan fingerprint density at radius 2 is 1.83 bits per heavy atom. The molecule has 0 spiro atoms. The van der Waals surface area contributed by atoms with E-state index in [1.54, 1.807) is 11.8 Å². The molecule has 1 aliphatic heterocycles. The molecule has 2 aromatic rings. The zero-order valence-corrected chi connectivity index (χ0v) is 18.0. The Morgan fingerprint density at radius 1 is 1.13 bits per heavy atom. The number of benzene rings is 2. The molecule has 0 bridgehead atoms. The Bertz CT molecular complexity index is 1020. The molecule has 0 fully saturated rings. The molecule has 5 heteroatoms. The van der Waals surface area contributed by atoms with Crippen LogP contribution in [0.3, 0.4) is 0 Å². The number of allylic oxidation sites excluding steroid dienone is 1. The molecule has 5 nitrogen and oxygen atoms in total. The van der Waals surface area contributed by atoms with Gasteiger partial charge in [0.15, 0.2) is 5.78 Å². The zero-order chi connectivity index (χ0) is 21.5. The van der Waals surface area contributed by atoms with Gasteiger partial charge in [0.05, 0.1) is 24.0 Å². The van der Waals surface area contributed by atoms with Crippen LogP contribution >= 0.6 is 0 Å². The van der Waals surface area contributed by atoms with E-state index in [4.69, 9.17) is 4.74 Å². The number of hydrogen-bond acceptors (Lipinski definition) is 4. The summed E-state index contributed by atoms with van der Waals surface area (Å²) in [5.74, 6) is 0.759. The molecule has 30 heavy (non-hydrogen) atoms. The molecule has 0 saturated carbocycles. The first-order chi connectivity index (χ1) is 14.3. The molecule has 0 unspecified atom stereocenters. The van der Waals surface area contributed by atoms with E-state index in [9.17, 15) is 9.59 Å². The van der Waals surface area contributed by atoms with Crippen molar-refractivity contribution in [1.82, 2.24) is 0 Å². The number of carbonyl (C=O) groups is 2. The van der Waals surface area contributed by atoms with Gasteiger partial charge in [-0.25, -0.2) is 0 Å². The fourth-order valence-corrected chi connectivity index (χ4v) is 4.56. The van der Waals surface area contributed by atoms with E-state index in [1.165, 1.54) is 0 Å². The third-order valence-electron chi connectivity index (χ3n) is 5.75. The Balaban J connectivity index is 1.94. The summed E-state index contributed by atoms with van der Waals surface area (Å²) in [7, 11) is 0. The van der Waals surface area contributed by atoms with E-state index >= 15 is 0 Å². The number of Topliss-reactive ketones (excluding diaryl/α,β-unsaturated/α-hetero) is 1. The lowest BCUT2D eigenvalue weighted by molar-refractivity contribution is -0.118. The predicted octanol–water partition coefficient (Wildman–Crippen LogP) is 5.25. The van der Waals surface area contributed by atoms with Crippen LogP contribution in [-0.4, -0.2) is 18.3 Å². The van der Waals surface area contributed by atoms with Crippen LogP contribution in [0.1, 0.15) is 52.1 Å². The van der Waals surface area contributed by atoms with Gasteiger partial charge in [-0.2, -0.15) is 0 Å². The van der Waals surface area contributed by atoms with Gasteiger partial charge < -0.3 is 10.1 Å². The minimum absolute atomic E-state index is 0.0895.